The lowest BCUT2D eigenvalue weighted by molar-refractivity contribution is -0.151. The molecule has 0 aromatic heterocycles. The van der Waals surface area contributed by atoms with E-state index in [-0.39, 0.29) is 28.9 Å². The summed E-state index contributed by atoms with van der Waals surface area (Å²) in [5.74, 6) is 1.79. The Morgan fingerprint density at radius 3 is 2.67 bits per heavy atom. The van der Waals surface area contributed by atoms with Gasteiger partial charge in [0.15, 0.2) is 0 Å². The fourth-order valence-electron chi connectivity index (χ4n) is 7.41. The zero-order valence-electron chi connectivity index (χ0n) is 19.2. The van der Waals surface area contributed by atoms with Crippen molar-refractivity contribution < 1.29 is 19.1 Å². The molecule has 0 heterocycles. The largest absolute Gasteiger partial charge is 0.469 e. The van der Waals surface area contributed by atoms with Gasteiger partial charge in [0.25, 0.3) is 0 Å². The zero-order chi connectivity index (χ0) is 21.5. The Morgan fingerprint density at radius 1 is 1.13 bits per heavy atom. The molecule has 166 valence electrons. The molecule has 0 saturated heterocycles. The molecule has 4 heteroatoms. The highest BCUT2D eigenvalue weighted by atomic mass is 16.5. The van der Waals surface area contributed by atoms with E-state index in [0.717, 1.165) is 38.5 Å². The summed E-state index contributed by atoms with van der Waals surface area (Å²) in [5.41, 5.74) is 3.81. The first kappa shape index (κ1) is 21.6. The lowest BCUT2D eigenvalue weighted by atomic mass is 9.48. The van der Waals surface area contributed by atoms with Crippen molar-refractivity contribution in [3.63, 3.8) is 0 Å². The average molecular weight is 415 g/mol. The van der Waals surface area contributed by atoms with Crippen LogP contribution in [0.2, 0.25) is 0 Å². The van der Waals surface area contributed by atoms with Crippen LogP contribution in [0.1, 0.15) is 85.0 Å². The predicted octanol–water partition coefficient (Wildman–Crippen LogP) is 5.76. The van der Waals surface area contributed by atoms with Gasteiger partial charge < -0.3 is 9.47 Å². The van der Waals surface area contributed by atoms with Crippen molar-refractivity contribution in [3.8, 4) is 0 Å². The molecule has 0 amide bonds. The molecule has 2 fully saturated rings. The maximum atomic E-state index is 11.5. The molecule has 0 radical (unpaired) electrons. The van der Waals surface area contributed by atoms with E-state index in [1.54, 1.807) is 11.1 Å². The maximum Gasteiger partial charge on any atom is 0.305 e. The maximum absolute atomic E-state index is 11.5. The molecule has 0 bridgehead atoms. The molecule has 6 unspecified atom stereocenters. The number of carbonyl (C=O) groups excluding carboxylic acids is 2. The summed E-state index contributed by atoms with van der Waals surface area (Å²) < 4.78 is 10.4. The Bertz CT molecular complexity index is 765. The van der Waals surface area contributed by atoms with Crippen molar-refractivity contribution in [2.45, 2.75) is 91.1 Å². The number of carbonyl (C=O) groups is 2. The first-order valence-corrected chi connectivity index (χ1v) is 11.9. The SMILES string of the molecule is COC(=O)CCCC1=CCC2C3CCC4CC(OC(C)=O)CCC4(C)C3=CCC12C. The monoisotopic (exact) mass is 414 g/mol. The number of ether oxygens (including phenoxy) is 2. The minimum atomic E-state index is -0.137. The van der Waals surface area contributed by atoms with Crippen LogP contribution >= 0.6 is 0 Å². The highest BCUT2D eigenvalue weighted by Gasteiger charge is 2.55. The van der Waals surface area contributed by atoms with Crippen molar-refractivity contribution in [3.05, 3.63) is 23.3 Å². The molecule has 0 spiro atoms. The van der Waals surface area contributed by atoms with Crippen LogP contribution in [0, 0.1) is 28.6 Å². The number of methoxy groups -OCH3 is 1. The van der Waals surface area contributed by atoms with Crippen LogP contribution in [0.15, 0.2) is 23.3 Å². The third-order valence-corrected chi connectivity index (χ3v) is 9.11. The van der Waals surface area contributed by atoms with Crippen molar-refractivity contribution in [2.75, 3.05) is 7.11 Å². The van der Waals surface area contributed by atoms with Gasteiger partial charge in [-0.1, -0.05) is 37.1 Å². The quantitative estimate of drug-likeness (QED) is 0.424. The second-order valence-corrected chi connectivity index (χ2v) is 10.6. The van der Waals surface area contributed by atoms with Gasteiger partial charge in [-0.15, -0.1) is 0 Å². The summed E-state index contributed by atoms with van der Waals surface area (Å²) in [4.78, 5) is 22.9. The van der Waals surface area contributed by atoms with E-state index in [1.807, 2.05) is 0 Å². The third kappa shape index (κ3) is 3.65. The fraction of sp³-hybridized carbons (Fsp3) is 0.769. The summed E-state index contributed by atoms with van der Waals surface area (Å²) in [6.07, 6.45) is 15.6. The molecule has 4 rings (SSSR count). The number of fused-ring (bicyclic) bond motifs is 5. The number of hydrogen-bond acceptors (Lipinski definition) is 4. The zero-order valence-corrected chi connectivity index (χ0v) is 19.2. The standard InChI is InChI=1S/C26H38O4/c1-17(27)30-20-12-14-26(3)19(16-20)8-10-21-22-11-9-18(6-5-7-24(28)29-4)25(22,2)15-13-23(21)26/h9,13,19-22H,5-8,10-12,14-16H2,1-4H3. The summed E-state index contributed by atoms with van der Waals surface area (Å²) in [6, 6.07) is 0. The Hall–Kier alpha value is -1.58. The normalized spacial score (nSPS) is 39.7. The van der Waals surface area contributed by atoms with E-state index in [4.69, 9.17) is 9.47 Å². The topological polar surface area (TPSA) is 52.6 Å². The average Bonchev–Trinajstić information content (AvgIpc) is 3.04. The Kier molecular flexibility index (Phi) is 5.89. The Balaban J connectivity index is 1.47. The molecular weight excluding hydrogens is 376 g/mol. The van der Waals surface area contributed by atoms with Gasteiger partial charge in [0.2, 0.25) is 0 Å². The van der Waals surface area contributed by atoms with Gasteiger partial charge in [-0.05, 0) is 86.4 Å². The van der Waals surface area contributed by atoms with Crippen LogP contribution in [-0.4, -0.2) is 25.2 Å². The molecule has 2 saturated carbocycles. The summed E-state index contributed by atoms with van der Waals surface area (Å²) >= 11 is 0. The van der Waals surface area contributed by atoms with Crippen LogP contribution in [0.5, 0.6) is 0 Å². The molecule has 6 atom stereocenters. The summed E-state index contributed by atoms with van der Waals surface area (Å²) in [5, 5.41) is 0. The molecule has 0 aliphatic heterocycles. The van der Waals surface area contributed by atoms with Crippen molar-refractivity contribution in [1.82, 2.24) is 0 Å². The third-order valence-electron chi connectivity index (χ3n) is 9.11. The van der Waals surface area contributed by atoms with E-state index in [1.165, 1.54) is 33.3 Å². The van der Waals surface area contributed by atoms with Crippen molar-refractivity contribution >= 4 is 11.9 Å². The van der Waals surface area contributed by atoms with Crippen LogP contribution in [0.3, 0.4) is 0 Å². The van der Waals surface area contributed by atoms with Gasteiger partial charge in [0.05, 0.1) is 7.11 Å². The van der Waals surface area contributed by atoms with E-state index in [2.05, 4.69) is 26.0 Å². The van der Waals surface area contributed by atoms with Gasteiger partial charge in [-0.3, -0.25) is 9.59 Å². The van der Waals surface area contributed by atoms with Crippen molar-refractivity contribution in [1.29, 1.82) is 0 Å². The number of hydrogen-bond donors (Lipinski definition) is 0. The van der Waals surface area contributed by atoms with Gasteiger partial charge in [0.1, 0.15) is 6.10 Å². The van der Waals surface area contributed by atoms with Crippen LogP contribution < -0.4 is 0 Å². The van der Waals surface area contributed by atoms with E-state index in [9.17, 15) is 9.59 Å². The first-order valence-electron chi connectivity index (χ1n) is 11.9. The predicted molar refractivity (Wildman–Crippen MR) is 117 cm³/mol. The molecule has 0 aromatic carbocycles. The van der Waals surface area contributed by atoms with Crippen LogP contribution in [0.25, 0.3) is 0 Å². The molecule has 4 nitrogen and oxygen atoms in total. The second-order valence-electron chi connectivity index (χ2n) is 10.6. The smallest absolute Gasteiger partial charge is 0.305 e. The van der Waals surface area contributed by atoms with Gasteiger partial charge >= 0.3 is 11.9 Å². The lowest BCUT2D eigenvalue weighted by Gasteiger charge is -2.56. The minimum absolute atomic E-state index is 0.100. The van der Waals surface area contributed by atoms with E-state index >= 15 is 0 Å². The fourth-order valence-corrected chi connectivity index (χ4v) is 7.41. The minimum Gasteiger partial charge on any atom is -0.469 e. The highest BCUT2D eigenvalue weighted by Crippen LogP contribution is 2.64. The highest BCUT2D eigenvalue weighted by molar-refractivity contribution is 5.69. The second kappa shape index (κ2) is 8.16. The van der Waals surface area contributed by atoms with Crippen LogP contribution in [-0.2, 0) is 19.1 Å². The van der Waals surface area contributed by atoms with Crippen molar-refractivity contribution in [2.24, 2.45) is 28.6 Å². The first-order chi connectivity index (χ1) is 14.3. The van der Waals surface area contributed by atoms with Gasteiger partial charge in [0, 0.05) is 13.3 Å². The van der Waals surface area contributed by atoms with E-state index in [0.29, 0.717) is 24.2 Å². The summed E-state index contributed by atoms with van der Waals surface area (Å²) in [6.45, 7) is 6.49. The molecule has 4 aliphatic rings. The number of esters is 2. The molecule has 0 aromatic rings. The van der Waals surface area contributed by atoms with Crippen LogP contribution in [0.4, 0.5) is 0 Å². The van der Waals surface area contributed by atoms with Gasteiger partial charge in [-0.25, -0.2) is 0 Å². The Morgan fingerprint density at radius 2 is 1.93 bits per heavy atom. The molecule has 30 heavy (non-hydrogen) atoms. The van der Waals surface area contributed by atoms with Gasteiger partial charge in [-0.2, -0.15) is 0 Å². The van der Waals surface area contributed by atoms with E-state index < -0.39 is 0 Å². The number of rotatable bonds is 5. The Labute approximate surface area is 181 Å². The molecule has 0 N–H and O–H groups in total. The summed E-state index contributed by atoms with van der Waals surface area (Å²) in [7, 11) is 1.47. The number of allylic oxidation sites excluding steroid dienone is 4. The molecular formula is C26H38O4. The lowest BCUT2D eigenvalue weighted by Crippen LogP contribution is -2.48. The molecule has 4 aliphatic carbocycles.